The van der Waals surface area contributed by atoms with Crippen LogP contribution in [0.25, 0.3) is 11.0 Å². The third-order valence-electron chi connectivity index (χ3n) is 3.37. The topological polar surface area (TPSA) is 36.3 Å². The number of benzene rings is 2. The number of para-hydroxylation sites is 2. The van der Waals surface area contributed by atoms with Gasteiger partial charge in [0.1, 0.15) is 11.5 Å². The Hall–Kier alpha value is -2.14. The molecule has 5 heteroatoms. The molecular weight excluding hydrogens is 296 g/mol. The van der Waals surface area contributed by atoms with Gasteiger partial charge in [-0.1, -0.05) is 30.0 Å². The molecule has 0 aliphatic heterocycles. The minimum absolute atomic E-state index is 0.626. The Morgan fingerprint density at radius 1 is 1.09 bits per heavy atom. The smallest absolute Gasteiger partial charge is 0.168 e. The van der Waals surface area contributed by atoms with Crippen molar-refractivity contribution in [3.8, 4) is 11.5 Å². The average Bonchev–Trinajstić information content (AvgIpc) is 2.88. The molecule has 2 aromatic carbocycles. The number of hydrogen-bond acceptors (Lipinski definition) is 4. The van der Waals surface area contributed by atoms with E-state index in [1.807, 2.05) is 49.5 Å². The lowest BCUT2D eigenvalue weighted by molar-refractivity contribution is 0.339. The molecule has 0 atom stereocenters. The van der Waals surface area contributed by atoms with Crippen molar-refractivity contribution < 1.29 is 9.47 Å². The minimum Gasteiger partial charge on any atom is -0.497 e. The Morgan fingerprint density at radius 3 is 2.73 bits per heavy atom. The number of methoxy groups -OCH3 is 1. The molecule has 0 aliphatic carbocycles. The van der Waals surface area contributed by atoms with Crippen LogP contribution in [0.4, 0.5) is 0 Å². The van der Waals surface area contributed by atoms with E-state index in [9.17, 15) is 0 Å². The second-order valence-corrected chi connectivity index (χ2v) is 5.88. The molecule has 3 rings (SSSR count). The van der Waals surface area contributed by atoms with Crippen molar-refractivity contribution in [1.82, 2.24) is 9.55 Å². The zero-order valence-electron chi connectivity index (χ0n) is 12.7. The Balaban J connectivity index is 1.57. The fraction of sp³-hybridized carbons (Fsp3) is 0.235. The molecule has 114 valence electrons. The molecule has 22 heavy (non-hydrogen) atoms. The summed E-state index contributed by atoms with van der Waals surface area (Å²) in [4.78, 5) is 4.63. The fourth-order valence-electron chi connectivity index (χ4n) is 2.24. The zero-order chi connectivity index (χ0) is 15.4. The lowest BCUT2D eigenvalue weighted by Crippen LogP contribution is -2.01. The standard InChI is InChI=1S/C17H18N2O2S/c1-19-16-9-4-3-8-15(16)18-17(19)22-11-10-21-14-7-5-6-13(12-14)20-2/h3-9,12H,10-11H2,1-2H3. The highest BCUT2D eigenvalue weighted by Gasteiger charge is 2.07. The van der Waals surface area contributed by atoms with Gasteiger partial charge in [-0.05, 0) is 24.3 Å². The van der Waals surface area contributed by atoms with Crippen molar-refractivity contribution in [3.63, 3.8) is 0 Å². The van der Waals surface area contributed by atoms with Crippen LogP contribution < -0.4 is 9.47 Å². The van der Waals surface area contributed by atoms with E-state index in [-0.39, 0.29) is 0 Å². The molecule has 0 unspecified atom stereocenters. The summed E-state index contributed by atoms with van der Waals surface area (Å²) in [6, 6.07) is 15.8. The van der Waals surface area contributed by atoms with Crippen LogP contribution in [0, 0.1) is 0 Å². The van der Waals surface area contributed by atoms with Crippen LogP contribution in [-0.4, -0.2) is 29.0 Å². The molecule has 1 heterocycles. The fourth-order valence-corrected chi connectivity index (χ4v) is 3.04. The summed E-state index contributed by atoms with van der Waals surface area (Å²) in [7, 11) is 3.70. The zero-order valence-corrected chi connectivity index (χ0v) is 13.5. The largest absolute Gasteiger partial charge is 0.497 e. The van der Waals surface area contributed by atoms with Gasteiger partial charge in [0.15, 0.2) is 5.16 Å². The van der Waals surface area contributed by atoms with Crippen LogP contribution in [-0.2, 0) is 7.05 Å². The number of fused-ring (bicyclic) bond motifs is 1. The van der Waals surface area contributed by atoms with E-state index in [1.165, 1.54) is 0 Å². The SMILES string of the molecule is COc1cccc(OCCSc2nc3ccccc3n2C)c1. The van der Waals surface area contributed by atoms with Gasteiger partial charge in [0.05, 0.1) is 24.8 Å². The van der Waals surface area contributed by atoms with Crippen molar-refractivity contribution in [1.29, 1.82) is 0 Å². The van der Waals surface area contributed by atoms with E-state index in [4.69, 9.17) is 9.47 Å². The first-order valence-corrected chi connectivity index (χ1v) is 8.07. The van der Waals surface area contributed by atoms with E-state index in [0.29, 0.717) is 6.61 Å². The van der Waals surface area contributed by atoms with E-state index >= 15 is 0 Å². The summed E-state index contributed by atoms with van der Waals surface area (Å²) in [5.41, 5.74) is 2.18. The summed E-state index contributed by atoms with van der Waals surface area (Å²) >= 11 is 1.70. The Morgan fingerprint density at radius 2 is 1.91 bits per heavy atom. The van der Waals surface area contributed by atoms with Crippen molar-refractivity contribution in [2.45, 2.75) is 5.16 Å². The van der Waals surface area contributed by atoms with Crippen molar-refractivity contribution >= 4 is 22.8 Å². The molecule has 0 aliphatic rings. The number of imidazole rings is 1. The number of thioether (sulfide) groups is 1. The molecule has 0 saturated heterocycles. The van der Waals surface area contributed by atoms with Gasteiger partial charge < -0.3 is 14.0 Å². The van der Waals surface area contributed by atoms with Gasteiger partial charge in [-0.15, -0.1) is 0 Å². The van der Waals surface area contributed by atoms with Crippen LogP contribution in [0.2, 0.25) is 0 Å². The van der Waals surface area contributed by atoms with Crippen LogP contribution in [0.5, 0.6) is 11.5 Å². The third kappa shape index (κ3) is 3.20. The number of rotatable bonds is 6. The summed E-state index contributed by atoms with van der Waals surface area (Å²) in [5.74, 6) is 2.47. The predicted molar refractivity (Wildman–Crippen MR) is 89.9 cm³/mol. The lowest BCUT2D eigenvalue weighted by atomic mass is 10.3. The molecule has 0 fully saturated rings. The quantitative estimate of drug-likeness (QED) is 0.513. The van der Waals surface area contributed by atoms with Crippen molar-refractivity contribution in [2.75, 3.05) is 19.5 Å². The highest BCUT2D eigenvalue weighted by atomic mass is 32.2. The molecule has 0 saturated carbocycles. The number of aromatic nitrogens is 2. The third-order valence-corrected chi connectivity index (χ3v) is 4.36. The molecule has 0 bridgehead atoms. The summed E-state index contributed by atoms with van der Waals surface area (Å²) in [6.45, 7) is 0.626. The molecule has 4 nitrogen and oxygen atoms in total. The second kappa shape index (κ2) is 6.75. The summed E-state index contributed by atoms with van der Waals surface area (Å²) in [6.07, 6.45) is 0. The van der Waals surface area contributed by atoms with Gasteiger partial charge >= 0.3 is 0 Å². The van der Waals surface area contributed by atoms with Crippen LogP contribution in [0.15, 0.2) is 53.7 Å². The molecule has 3 aromatic rings. The maximum absolute atomic E-state index is 5.75. The van der Waals surface area contributed by atoms with Crippen LogP contribution in [0.3, 0.4) is 0 Å². The number of hydrogen-bond donors (Lipinski definition) is 0. The Bertz CT molecular complexity index is 770. The average molecular weight is 314 g/mol. The first-order valence-electron chi connectivity index (χ1n) is 7.09. The van der Waals surface area contributed by atoms with Crippen molar-refractivity contribution in [2.24, 2.45) is 7.05 Å². The van der Waals surface area contributed by atoms with Gasteiger partial charge in [0.2, 0.25) is 0 Å². The molecule has 0 amide bonds. The lowest BCUT2D eigenvalue weighted by Gasteiger charge is -2.07. The Labute approximate surface area is 134 Å². The van der Waals surface area contributed by atoms with Gasteiger partial charge in [0, 0.05) is 18.9 Å². The first-order chi connectivity index (χ1) is 10.8. The molecule has 1 aromatic heterocycles. The predicted octanol–water partition coefficient (Wildman–Crippen LogP) is 3.75. The van der Waals surface area contributed by atoms with E-state index in [1.54, 1.807) is 18.9 Å². The number of aryl methyl sites for hydroxylation is 1. The monoisotopic (exact) mass is 314 g/mol. The molecule has 0 N–H and O–H groups in total. The first kappa shape index (κ1) is 14.8. The summed E-state index contributed by atoms with van der Waals surface area (Å²) < 4.78 is 13.0. The molecule has 0 spiro atoms. The van der Waals surface area contributed by atoms with E-state index in [0.717, 1.165) is 33.4 Å². The molecular formula is C17H18N2O2S. The number of ether oxygens (including phenoxy) is 2. The van der Waals surface area contributed by atoms with Crippen molar-refractivity contribution in [3.05, 3.63) is 48.5 Å². The Kier molecular flexibility index (Phi) is 4.53. The maximum Gasteiger partial charge on any atom is 0.168 e. The maximum atomic E-state index is 5.75. The highest BCUT2D eigenvalue weighted by molar-refractivity contribution is 7.99. The summed E-state index contributed by atoms with van der Waals surface area (Å²) in [5, 5.41) is 1.01. The molecule has 0 radical (unpaired) electrons. The van der Waals surface area contributed by atoms with Gasteiger partial charge in [-0.3, -0.25) is 0 Å². The normalized spacial score (nSPS) is 10.8. The second-order valence-electron chi connectivity index (χ2n) is 4.82. The van der Waals surface area contributed by atoms with Gasteiger partial charge in [0.25, 0.3) is 0 Å². The number of nitrogens with zero attached hydrogens (tertiary/aromatic N) is 2. The minimum atomic E-state index is 0.626. The van der Waals surface area contributed by atoms with E-state index < -0.39 is 0 Å². The highest BCUT2D eigenvalue weighted by Crippen LogP contribution is 2.23. The van der Waals surface area contributed by atoms with E-state index in [2.05, 4.69) is 15.6 Å². The van der Waals surface area contributed by atoms with Gasteiger partial charge in [-0.2, -0.15) is 0 Å². The van der Waals surface area contributed by atoms with Crippen LogP contribution in [0.1, 0.15) is 0 Å². The van der Waals surface area contributed by atoms with Gasteiger partial charge in [-0.25, -0.2) is 4.98 Å². The van der Waals surface area contributed by atoms with Crippen LogP contribution >= 0.6 is 11.8 Å².